The molecular weight excluding hydrogens is 486 g/mol. The van der Waals surface area contributed by atoms with E-state index in [4.69, 9.17) is 16.3 Å². The molecule has 8 nitrogen and oxygen atoms in total. The molecule has 1 N–H and O–H groups in total. The topological polar surface area (TPSA) is 86.6 Å². The molecule has 1 aromatic carbocycles. The summed E-state index contributed by atoms with van der Waals surface area (Å²) < 4.78 is 6.47. The number of thiophene rings is 1. The molecule has 2 saturated heterocycles. The van der Waals surface area contributed by atoms with Gasteiger partial charge in [0, 0.05) is 49.1 Å². The van der Waals surface area contributed by atoms with Crippen LogP contribution < -0.4 is 10.1 Å². The summed E-state index contributed by atoms with van der Waals surface area (Å²) in [6.45, 7) is 8.11. The molecule has 0 bridgehead atoms. The van der Waals surface area contributed by atoms with E-state index in [1.165, 1.54) is 16.2 Å². The number of rotatable bonds is 7. The van der Waals surface area contributed by atoms with Gasteiger partial charge in [-0.15, -0.1) is 11.3 Å². The van der Waals surface area contributed by atoms with E-state index in [0.29, 0.717) is 29.4 Å². The number of aryl methyl sites for hydroxylation is 1. The molecule has 0 unspecified atom stereocenters. The van der Waals surface area contributed by atoms with Gasteiger partial charge in [-0.3, -0.25) is 19.7 Å². The van der Waals surface area contributed by atoms with Gasteiger partial charge in [0.25, 0.3) is 0 Å². The van der Waals surface area contributed by atoms with E-state index in [9.17, 15) is 9.59 Å². The molecule has 2 aliphatic heterocycles. The number of amides is 3. The van der Waals surface area contributed by atoms with Crippen LogP contribution in [0.25, 0.3) is 0 Å². The molecule has 1 aromatic heterocycles. The molecule has 3 amide bonds. The van der Waals surface area contributed by atoms with E-state index in [-0.39, 0.29) is 24.6 Å². The molecule has 0 radical (unpaired) electrons. The third kappa shape index (κ3) is 5.42. The summed E-state index contributed by atoms with van der Waals surface area (Å²) in [5.41, 5.74) is 3.03. The third-order valence-corrected chi connectivity index (χ3v) is 7.57. The highest BCUT2D eigenvalue weighted by molar-refractivity contribution is 7.15. The summed E-state index contributed by atoms with van der Waals surface area (Å²) in [5.74, 6) is 0.569. The van der Waals surface area contributed by atoms with Crippen molar-refractivity contribution in [2.45, 2.75) is 38.8 Å². The maximum atomic E-state index is 12.6. The van der Waals surface area contributed by atoms with E-state index in [0.717, 1.165) is 52.6 Å². The van der Waals surface area contributed by atoms with Gasteiger partial charge in [-0.2, -0.15) is 0 Å². The quantitative estimate of drug-likeness (QED) is 0.553. The van der Waals surface area contributed by atoms with Crippen molar-refractivity contribution in [3.8, 4) is 5.75 Å². The summed E-state index contributed by atoms with van der Waals surface area (Å²) in [6, 6.07) is 5.31. The maximum absolute atomic E-state index is 12.6. The zero-order valence-corrected chi connectivity index (χ0v) is 21.8. The molecule has 1 atom stereocenters. The number of carbonyl (C=O) groups is 2. The van der Waals surface area contributed by atoms with Gasteiger partial charge in [-0.1, -0.05) is 11.6 Å². The first kappa shape index (κ1) is 25.3. The van der Waals surface area contributed by atoms with Crippen LogP contribution in [0.2, 0.25) is 5.02 Å². The molecule has 10 heteroatoms. The van der Waals surface area contributed by atoms with Gasteiger partial charge in [-0.25, -0.2) is 4.79 Å². The minimum atomic E-state index is -0.295. The number of piperidine rings is 1. The Balaban J connectivity index is 1.70. The second-order valence-electron chi connectivity index (χ2n) is 8.78. The first-order valence-electron chi connectivity index (χ1n) is 11.6. The molecule has 2 fully saturated rings. The zero-order valence-electron chi connectivity index (χ0n) is 20.3. The summed E-state index contributed by atoms with van der Waals surface area (Å²) in [5, 5.41) is 3.97. The van der Waals surface area contributed by atoms with Gasteiger partial charge < -0.3 is 15.0 Å². The number of nitrogens with zero attached hydrogens (tertiary/aromatic N) is 4. The number of urea groups is 1. The molecule has 4 rings (SSSR count). The second-order valence-corrected chi connectivity index (χ2v) is 10.4. The zero-order chi connectivity index (χ0) is 25.1. The van der Waals surface area contributed by atoms with Crippen LogP contribution in [0.5, 0.6) is 5.75 Å². The van der Waals surface area contributed by atoms with E-state index < -0.39 is 0 Å². The van der Waals surface area contributed by atoms with E-state index in [1.54, 1.807) is 19.0 Å². The van der Waals surface area contributed by atoms with Crippen molar-refractivity contribution in [3.05, 3.63) is 44.1 Å². The molecule has 35 heavy (non-hydrogen) atoms. The van der Waals surface area contributed by atoms with E-state index >= 15 is 0 Å². The predicted octanol–water partition coefficient (Wildman–Crippen LogP) is 4.42. The Hall–Kier alpha value is -2.75. The normalized spacial score (nSPS) is 19.3. The second kappa shape index (κ2) is 10.9. The van der Waals surface area contributed by atoms with Crippen molar-refractivity contribution >= 4 is 53.0 Å². The average molecular weight is 516 g/mol. The largest absolute Gasteiger partial charge is 0.488 e. The van der Waals surface area contributed by atoms with Crippen molar-refractivity contribution in [1.82, 2.24) is 15.1 Å². The Bertz CT molecular complexity index is 1170. The van der Waals surface area contributed by atoms with Crippen molar-refractivity contribution < 1.29 is 14.3 Å². The van der Waals surface area contributed by atoms with Gasteiger partial charge in [0.2, 0.25) is 5.91 Å². The summed E-state index contributed by atoms with van der Waals surface area (Å²) in [6.07, 6.45) is 2.41. The van der Waals surface area contributed by atoms with Crippen LogP contribution >= 0.6 is 22.9 Å². The average Bonchev–Trinajstić information content (AvgIpc) is 3.25. The van der Waals surface area contributed by atoms with E-state index in [2.05, 4.69) is 22.0 Å². The Labute approximate surface area is 214 Å². The molecule has 2 aliphatic rings. The number of halogens is 1. The first-order chi connectivity index (χ1) is 16.8. The van der Waals surface area contributed by atoms with Crippen LogP contribution in [0.15, 0.2) is 28.2 Å². The van der Waals surface area contributed by atoms with Crippen molar-refractivity contribution in [3.63, 3.8) is 0 Å². The lowest BCUT2D eigenvalue weighted by Crippen LogP contribution is -2.49. The minimum absolute atomic E-state index is 0.0597. The predicted molar refractivity (Wildman–Crippen MR) is 141 cm³/mol. The Morgan fingerprint density at radius 1 is 1.34 bits per heavy atom. The Morgan fingerprint density at radius 2 is 2.14 bits per heavy atom. The fourth-order valence-electron chi connectivity index (χ4n) is 4.41. The van der Waals surface area contributed by atoms with Crippen LogP contribution in [0.3, 0.4) is 0 Å². The molecule has 0 aliphatic carbocycles. The molecule has 0 saturated carbocycles. The minimum Gasteiger partial charge on any atom is -0.488 e. The number of hydrogen-bond donors (Lipinski definition) is 1. The van der Waals surface area contributed by atoms with Crippen LogP contribution in [-0.2, 0) is 11.3 Å². The van der Waals surface area contributed by atoms with Crippen molar-refractivity contribution in [1.29, 1.82) is 0 Å². The summed E-state index contributed by atoms with van der Waals surface area (Å²) >= 11 is 7.90. The first-order valence-corrected chi connectivity index (χ1v) is 12.8. The Kier molecular flexibility index (Phi) is 7.88. The number of nitrogens with one attached hydrogen (secondary N) is 1. The van der Waals surface area contributed by atoms with Crippen molar-refractivity contribution in [2.75, 3.05) is 33.7 Å². The highest BCUT2D eigenvalue weighted by atomic mass is 35.5. The maximum Gasteiger partial charge on any atom is 0.326 e. The number of imide groups is 1. The number of carbonyl (C=O) groups excluding carboxylic acids is 2. The lowest BCUT2D eigenvalue weighted by molar-refractivity contribution is -0.131. The molecule has 3 heterocycles. The van der Waals surface area contributed by atoms with Crippen LogP contribution in [0.4, 0.5) is 10.5 Å². The SMILES string of the molecule is C=Nc1cc(CN2C(=O)CCN(C)C2=O)sc1C(=NC)c1cc(Cl)cc(C)c1O[C@H]1CCCNC1. The number of benzene rings is 1. The lowest BCUT2D eigenvalue weighted by Gasteiger charge is -2.31. The Morgan fingerprint density at radius 3 is 2.83 bits per heavy atom. The lowest BCUT2D eigenvalue weighted by atomic mass is 10.0. The van der Waals surface area contributed by atoms with Crippen molar-refractivity contribution in [2.24, 2.45) is 9.98 Å². The fraction of sp³-hybridized carbons (Fsp3) is 0.440. The van der Waals surface area contributed by atoms with Gasteiger partial charge in [0.1, 0.15) is 11.9 Å². The van der Waals surface area contributed by atoms with Gasteiger partial charge in [0.15, 0.2) is 0 Å². The van der Waals surface area contributed by atoms with Gasteiger partial charge >= 0.3 is 6.03 Å². The van der Waals surface area contributed by atoms with Crippen LogP contribution in [0.1, 0.15) is 40.1 Å². The highest BCUT2D eigenvalue weighted by Gasteiger charge is 2.31. The van der Waals surface area contributed by atoms with E-state index in [1.807, 2.05) is 25.1 Å². The smallest absolute Gasteiger partial charge is 0.326 e. The molecule has 0 spiro atoms. The monoisotopic (exact) mass is 515 g/mol. The highest BCUT2D eigenvalue weighted by Crippen LogP contribution is 2.38. The summed E-state index contributed by atoms with van der Waals surface area (Å²) in [7, 11) is 3.42. The standard InChI is InChI=1S/C25H30ClN5O3S/c1-15-10-16(26)11-19(23(15)34-17-6-5-8-29-13-17)22(28-3)24-20(27-2)12-18(35-24)14-31-21(32)7-9-30(4)25(31)33/h10-12,17,29H,2,5-9,13-14H2,1,3-4H3/t17-/m0/s1. The number of ether oxygens (including phenoxy) is 1. The number of hydrogen-bond acceptors (Lipinski definition) is 7. The van der Waals surface area contributed by atoms with Gasteiger partial charge in [-0.05, 0) is 56.8 Å². The number of aliphatic imine (C=N–C) groups is 2. The van der Waals surface area contributed by atoms with Crippen LogP contribution in [0, 0.1) is 6.92 Å². The third-order valence-electron chi connectivity index (χ3n) is 6.24. The van der Waals surface area contributed by atoms with Gasteiger partial charge in [0.05, 0.1) is 22.8 Å². The fourth-order valence-corrected chi connectivity index (χ4v) is 5.83. The molecule has 186 valence electrons. The summed E-state index contributed by atoms with van der Waals surface area (Å²) in [4.78, 5) is 38.3. The molecular formula is C25H30ClN5O3S. The molecule has 2 aromatic rings. The van der Waals surface area contributed by atoms with Crippen LogP contribution in [-0.4, -0.2) is 74.0 Å².